The number of primary amides is 2. The van der Waals surface area contributed by atoms with Crippen molar-refractivity contribution >= 4 is 34.5 Å². The van der Waals surface area contributed by atoms with Crippen LogP contribution < -0.4 is 11.5 Å². The predicted molar refractivity (Wildman–Crippen MR) is 92.2 cm³/mol. The van der Waals surface area contributed by atoms with E-state index in [1.54, 1.807) is 6.92 Å². The standard InChI is InChI=1S/C17H19ClFN3O3/c1-7-14(18)13-12(8-3-2-4-9(5-8)25-17(21)24)11(19)6-10(16(20)23)15(13)22-7/h6,8-9,22H,2-5H2,1H3,(H2,20,23)(H2,21,24). The molecular weight excluding hydrogens is 349 g/mol. The van der Waals surface area contributed by atoms with Gasteiger partial charge >= 0.3 is 6.09 Å². The van der Waals surface area contributed by atoms with Gasteiger partial charge in [0.25, 0.3) is 5.91 Å². The highest BCUT2D eigenvalue weighted by Gasteiger charge is 2.31. The summed E-state index contributed by atoms with van der Waals surface area (Å²) < 4.78 is 20.0. The number of benzene rings is 1. The van der Waals surface area contributed by atoms with Crippen molar-refractivity contribution < 1.29 is 18.7 Å². The predicted octanol–water partition coefficient (Wildman–Crippen LogP) is 3.49. The quantitative estimate of drug-likeness (QED) is 0.771. The monoisotopic (exact) mass is 367 g/mol. The molecule has 25 heavy (non-hydrogen) atoms. The van der Waals surface area contributed by atoms with E-state index in [1.807, 2.05) is 0 Å². The Bertz CT molecular complexity index is 865. The van der Waals surface area contributed by atoms with E-state index in [1.165, 1.54) is 0 Å². The zero-order valence-corrected chi connectivity index (χ0v) is 14.5. The molecule has 0 radical (unpaired) electrons. The van der Waals surface area contributed by atoms with E-state index in [0.29, 0.717) is 40.0 Å². The molecule has 0 saturated heterocycles. The summed E-state index contributed by atoms with van der Waals surface area (Å²) in [5.41, 5.74) is 12.0. The Morgan fingerprint density at radius 1 is 1.36 bits per heavy atom. The maximum absolute atomic E-state index is 14.9. The second-order valence-electron chi connectivity index (χ2n) is 6.42. The maximum atomic E-state index is 14.9. The first-order valence-corrected chi connectivity index (χ1v) is 8.43. The van der Waals surface area contributed by atoms with Gasteiger partial charge in [-0.15, -0.1) is 0 Å². The van der Waals surface area contributed by atoms with E-state index >= 15 is 0 Å². The van der Waals surface area contributed by atoms with Gasteiger partial charge in [-0.05, 0) is 44.6 Å². The van der Waals surface area contributed by atoms with Crippen LogP contribution in [-0.2, 0) is 4.74 Å². The summed E-state index contributed by atoms with van der Waals surface area (Å²) in [5.74, 6) is -1.46. The summed E-state index contributed by atoms with van der Waals surface area (Å²) in [6.45, 7) is 1.74. The van der Waals surface area contributed by atoms with Crippen molar-refractivity contribution in [2.75, 3.05) is 0 Å². The van der Waals surface area contributed by atoms with E-state index < -0.39 is 17.8 Å². The van der Waals surface area contributed by atoms with Gasteiger partial charge in [-0.2, -0.15) is 0 Å². The van der Waals surface area contributed by atoms with Gasteiger partial charge in [0.15, 0.2) is 0 Å². The number of nitrogens with two attached hydrogens (primary N) is 2. The molecule has 0 spiro atoms. The first-order valence-electron chi connectivity index (χ1n) is 8.05. The third-order valence-electron chi connectivity index (χ3n) is 4.76. The number of carbonyl (C=O) groups is 2. The third kappa shape index (κ3) is 3.16. The van der Waals surface area contributed by atoms with Crippen LogP contribution in [0.3, 0.4) is 0 Å². The summed E-state index contributed by atoms with van der Waals surface area (Å²) in [4.78, 5) is 25.7. The van der Waals surface area contributed by atoms with Crippen molar-refractivity contribution in [1.82, 2.24) is 4.98 Å². The number of H-pyrrole nitrogens is 1. The fourth-order valence-corrected chi connectivity index (χ4v) is 3.97. The highest BCUT2D eigenvalue weighted by Crippen LogP contribution is 2.43. The first kappa shape index (κ1) is 17.5. The minimum atomic E-state index is -0.837. The second-order valence-corrected chi connectivity index (χ2v) is 6.80. The molecule has 1 aromatic heterocycles. The van der Waals surface area contributed by atoms with E-state index in [9.17, 15) is 14.0 Å². The lowest BCUT2D eigenvalue weighted by Crippen LogP contribution is -2.28. The van der Waals surface area contributed by atoms with Crippen molar-refractivity contribution in [3.8, 4) is 0 Å². The van der Waals surface area contributed by atoms with Gasteiger partial charge < -0.3 is 21.2 Å². The van der Waals surface area contributed by atoms with E-state index in [0.717, 1.165) is 18.9 Å². The molecule has 1 aliphatic carbocycles. The average molecular weight is 368 g/mol. The molecular formula is C17H19ClFN3O3. The lowest BCUT2D eigenvalue weighted by Gasteiger charge is -2.29. The Balaban J connectivity index is 2.13. The summed E-state index contributed by atoms with van der Waals surface area (Å²) >= 11 is 6.38. The molecule has 8 heteroatoms. The number of hydrogen-bond acceptors (Lipinski definition) is 3. The number of aryl methyl sites for hydroxylation is 1. The Morgan fingerprint density at radius 2 is 2.08 bits per heavy atom. The van der Waals surface area contributed by atoms with Crippen LogP contribution in [0, 0.1) is 12.7 Å². The number of hydrogen-bond donors (Lipinski definition) is 3. The largest absolute Gasteiger partial charge is 0.446 e. The van der Waals surface area contributed by atoms with Gasteiger partial charge in [0.2, 0.25) is 0 Å². The third-order valence-corrected chi connectivity index (χ3v) is 5.23. The normalized spacial score (nSPS) is 20.6. The highest BCUT2D eigenvalue weighted by atomic mass is 35.5. The lowest BCUT2D eigenvalue weighted by molar-refractivity contribution is 0.0766. The Hall–Kier alpha value is -2.28. The van der Waals surface area contributed by atoms with Gasteiger partial charge in [0.1, 0.15) is 11.9 Å². The zero-order chi connectivity index (χ0) is 18.3. The molecule has 1 heterocycles. The molecule has 1 saturated carbocycles. The van der Waals surface area contributed by atoms with Gasteiger partial charge in [0.05, 0.1) is 16.1 Å². The van der Waals surface area contributed by atoms with Crippen molar-refractivity contribution in [3.05, 3.63) is 33.7 Å². The van der Waals surface area contributed by atoms with E-state index in [2.05, 4.69) is 4.98 Å². The maximum Gasteiger partial charge on any atom is 0.404 e. The Morgan fingerprint density at radius 3 is 2.72 bits per heavy atom. The zero-order valence-electron chi connectivity index (χ0n) is 13.7. The molecule has 1 aromatic carbocycles. The van der Waals surface area contributed by atoms with Crippen LogP contribution >= 0.6 is 11.6 Å². The average Bonchev–Trinajstić information content (AvgIpc) is 2.82. The lowest BCUT2D eigenvalue weighted by atomic mass is 9.80. The number of fused-ring (bicyclic) bond motifs is 1. The van der Waals surface area contributed by atoms with Crippen LogP contribution in [0.1, 0.15) is 53.2 Å². The van der Waals surface area contributed by atoms with Gasteiger partial charge in [-0.1, -0.05) is 11.6 Å². The van der Waals surface area contributed by atoms with Crippen LogP contribution in [0.4, 0.5) is 9.18 Å². The molecule has 134 valence electrons. The summed E-state index contributed by atoms with van der Waals surface area (Å²) in [6.07, 6.45) is 1.43. The number of halogens is 2. The second kappa shape index (κ2) is 6.55. The number of carbonyl (C=O) groups excluding carboxylic acids is 2. The Kier molecular flexibility index (Phi) is 4.60. The van der Waals surface area contributed by atoms with E-state index in [4.69, 9.17) is 27.8 Å². The topological polar surface area (TPSA) is 111 Å². The van der Waals surface area contributed by atoms with Crippen molar-refractivity contribution in [2.45, 2.75) is 44.6 Å². The molecule has 0 bridgehead atoms. The molecule has 6 nitrogen and oxygen atoms in total. The molecule has 2 unspecified atom stereocenters. The van der Waals surface area contributed by atoms with Crippen LogP contribution in [0.5, 0.6) is 0 Å². The van der Waals surface area contributed by atoms with Gasteiger partial charge in [-0.25, -0.2) is 9.18 Å². The summed E-state index contributed by atoms with van der Waals surface area (Å²) in [6, 6.07) is 1.14. The number of aromatic amines is 1. The molecule has 0 aliphatic heterocycles. The number of aromatic nitrogens is 1. The molecule has 1 fully saturated rings. The van der Waals surface area contributed by atoms with Crippen LogP contribution in [0.2, 0.25) is 5.02 Å². The number of nitrogens with one attached hydrogen (secondary N) is 1. The van der Waals surface area contributed by atoms with Crippen molar-refractivity contribution in [1.29, 1.82) is 0 Å². The van der Waals surface area contributed by atoms with Crippen LogP contribution in [-0.4, -0.2) is 23.1 Å². The molecule has 2 amide bonds. The van der Waals surface area contributed by atoms with Crippen LogP contribution in [0.25, 0.3) is 10.9 Å². The van der Waals surface area contributed by atoms with Crippen molar-refractivity contribution in [2.24, 2.45) is 11.5 Å². The fourth-order valence-electron chi connectivity index (χ4n) is 3.72. The van der Waals surface area contributed by atoms with Crippen molar-refractivity contribution in [3.63, 3.8) is 0 Å². The highest BCUT2D eigenvalue weighted by molar-refractivity contribution is 6.37. The minimum absolute atomic E-state index is 0.0620. The Labute approximate surface area is 148 Å². The fraction of sp³-hybridized carbons (Fsp3) is 0.412. The summed E-state index contributed by atoms with van der Waals surface area (Å²) in [5, 5.41) is 0.836. The first-order chi connectivity index (χ1) is 11.8. The molecule has 1 aliphatic rings. The van der Waals surface area contributed by atoms with Gasteiger partial charge in [0, 0.05) is 16.6 Å². The summed E-state index contributed by atoms with van der Waals surface area (Å²) in [7, 11) is 0. The molecule has 5 N–H and O–H groups in total. The number of ether oxygens (including phenoxy) is 1. The van der Waals surface area contributed by atoms with Crippen LogP contribution in [0.15, 0.2) is 6.07 Å². The number of rotatable bonds is 3. The molecule has 2 aromatic rings. The van der Waals surface area contributed by atoms with Gasteiger partial charge in [-0.3, -0.25) is 4.79 Å². The SMILES string of the molecule is Cc1[nH]c2c(C(N)=O)cc(F)c(C3CCCC(OC(N)=O)C3)c2c1Cl. The molecule has 3 rings (SSSR count). The minimum Gasteiger partial charge on any atom is -0.446 e. The smallest absolute Gasteiger partial charge is 0.404 e. The number of amides is 2. The van der Waals surface area contributed by atoms with E-state index in [-0.39, 0.29) is 17.6 Å². The molecule has 2 atom stereocenters.